The van der Waals surface area contributed by atoms with Gasteiger partial charge in [-0.2, -0.15) is 4.99 Å². The number of likely N-dealkylation sites (tertiary alicyclic amines) is 1. The number of benzene rings is 2. The fourth-order valence-corrected chi connectivity index (χ4v) is 3.72. The maximum atomic E-state index is 12.5. The number of aliphatic hydroxyl groups is 1. The number of rotatable bonds is 6. The molecule has 30 heavy (non-hydrogen) atoms. The van der Waals surface area contributed by atoms with E-state index in [-0.39, 0.29) is 0 Å². The van der Waals surface area contributed by atoms with Crippen LogP contribution >= 0.6 is 0 Å². The first kappa shape index (κ1) is 20.4. The van der Waals surface area contributed by atoms with Crippen LogP contribution in [0.1, 0.15) is 30.1 Å². The van der Waals surface area contributed by atoms with Gasteiger partial charge in [-0.3, -0.25) is 4.90 Å². The summed E-state index contributed by atoms with van der Waals surface area (Å²) in [7, 11) is 0. The molecule has 2 aliphatic heterocycles. The Balaban J connectivity index is 1.50. The zero-order chi connectivity index (χ0) is 20.8. The van der Waals surface area contributed by atoms with E-state index in [4.69, 9.17) is 9.47 Å². The van der Waals surface area contributed by atoms with E-state index < -0.39 is 12.1 Å². The molecular weight excluding hydrogens is 382 g/mol. The van der Waals surface area contributed by atoms with Crippen LogP contribution in [0.4, 0.5) is 4.79 Å². The molecule has 158 valence electrons. The lowest BCUT2D eigenvalue weighted by molar-refractivity contribution is 0.170. The van der Waals surface area contributed by atoms with Crippen molar-refractivity contribution in [3.05, 3.63) is 59.7 Å². The lowest BCUT2D eigenvalue weighted by atomic mass is 10.0. The van der Waals surface area contributed by atoms with E-state index in [2.05, 4.69) is 15.2 Å². The van der Waals surface area contributed by atoms with Gasteiger partial charge in [0.15, 0.2) is 11.5 Å². The van der Waals surface area contributed by atoms with Gasteiger partial charge in [-0.15, -0.1) is 0 Å². The highest BCUT2D eigenvalue weighted by Crippen LogP contribution is 2.33. The summed E-state index contributed by atoms with van der Waals surface area (Å²) >= 11 is 0. The molecule has 2 amide bonds. The van der Waals surface area contributed by atoms with Crippen LogP contribution in [0.3, 0.4) is 0 Å². The number of urea groups is 1. The smallest absolute Gasteiger partial charge is 0.341 e. The van der Waals surface area contributed by atoms with Crippen molar-refractivity contribution >= 4 is 11.7 Å². The molecule has 7 heteroatoms. The predicted octanol–water partition coefficient (Wildman–Crippen LogP) is 2.94. The summed E-state index contributed by atoms with van der Waals surface area (Å²) in [5.74, 6) is 1.27. The Kier molecular flexibility index (Phi) is 6.61. The molecule has 2 aromatic carbocycles. The number of hydrogen-bond acceptors (Lipinski definition) is 5. The van der Waals surface area contributed by atoms with Crippen LogP contribution in [0.15, 0.2) is 53.5 Å². The van der Waals surface area contributed by atoms with Gasteiger partial charge in [0, 0.05) is 13.1 Å². The molecule has 1 atom stereocenters. The summed E-state index contributed by atoms with van der Waals surface area (Å²) in [4.78, 5) is 19.0. The molecule has 1 fully saturated rings. The van der Waals surface area contributed by atoms with E-state index in [1.165, 1.54) is 0 Å². The molecule has 0 spiro atoms. The highest BCUT2D eigenvalue weighted by atomic mass is 16.6. The Labute approximate surface area is 176 Å². The summed E-state index contributed by atoms with van der Waals surface area (Å²) < 4.78 is 11.2. The van der Waals surface area contributed by atoms with Gasteiger partial charge in [-0.1, -0.05) is 36.4 Å². The number of ether oxygens (including phenoxy) is 2. The third-order valence-electron chi connectivity index (χ3n) is 5.31. The minimum Gasteiger partial charge on any atom is -0.486 e. The summed E-state index contributed by atoms with van der Waals surface area (Å²) in [5.41, 5.74) is 2.06. The number of carbonyl (C=O) groups excluding carboxylic acids is 1. The number of hydrogen-bond donors (Lipinski definition) is 2. The number of aliphatic imine (C=N–C) groups is 1. The quantitative estimate of drug-likeness (QED) is 0.717. The number of amides is 2. The Hall–Kier alpha value is -2.90. The van der Waals surface area contributed by atoms with Crippen molar-refractivity contribution in [1.29, 1.82) is 0 Å². The average Bonchev–Trinajstić information content (AvgIpc) is 3.30. The van der Waals surface area contributed by atoms with E-state index in [9.17, 15) is 9.90 Å². The normalized spacial score (nSPS) is 17.6. The van der Waals surface area contributed by atoms with E-state index >= 15 is 0 Å². The van der Waals surface area contributed by atoms with Crippen LogP contribution in [0.2, 0.25) is 0 Å². The molecule has 2 aromatic rings. The monoisotopic (exact) mass is 409 g/mol. The molecule has 0 saturated carbocycles. The number of aliphatic hydroxyl groups excluding tert-OH is 1. The van der Waals surface area contributed by atoms with Gasteiger partial charge >= 0.3 is 6.03 Å². The minimum atomic E-state index is -0.996. The molecule has 2 heterocycles. The highest BCUT2D eigenvalue weighted by Gasteiger charge is 2.23. The molecule has 0 bridgehead atoms. The second kappa shape index (κ2) is 9.73. The summed E-state index contributed by atoms with van der Waals surface area (Å²) in [6.07, 6.45) is 1.24. The SMILES string of the molecule is O=C(N=C(CN1CCCC1)[C@H](O)c1ccc2c(c1)OCCO2)NCc1ccccc1. The van der Waals surface area contributed by atoms with Gasteiger partial charge in [0.25, 0.3) is 0 Å². The number of nitrogens with one attached hydrogen (secondary N) is 1. The van der Waals surface area contributed by atoms with Crippen molar-refractivity contribution in [2.75, 3.05) is 32.8 Å². The maximum absolute atomic E-state index is 12.5. The van der Waals surface area contributed by atoms with Gasteiger partial charge in [0.05, 0.1) is 5.71 Å². The summed E-state index contributed by atoms with van der Waals surface area (Å²) in [6, 6.07) is 14.6. The molecular formula is C23H27N3O4. The Morgan fingerprint density at radius 2 is 1.80 bits per heavy atom. The van der Waals surface area contributed by atoms with Crippen LogP contribution in [0.25, 0.3) is 0 Å². The Morgan fingerprint density at radius 1 is 1.07 bits per heavy atom. The zero-order valence-electron chi connectivity index (χ0n) is 16.9. The van der Waals surface area contributed by atoms with E-state index in [1.54, 1.807) is 18.2 Å². The van der Waals surface area contributed by atoms with Crippen LogP contribution in [0, 0.1) is 0 Å². The zero-order valence-corrected chi connectivity index (χ0v) is 16.9. The molecule has 0 radical (unpaired) electrons. The van der Waals surface area contributed by atoms with Crippen LogP contribution in [-0.4, -0.2) is 54.6 Å². The third-order valence-corrected chi connectivity index (χ3v) is 5.31. The molecule has 2 aliphatic rings. The van der Waals surface area contributed by atoms with E-state index in [0.717, 1.165) is 31.5 Å². The lowest BCUT2D eigenvalue weighted by Crippen LogP contribution is -2.32. The average molecular weight is 409 g/mol. The Morgan fingerprint density at radius 3 is 2.57 bits per heavy atom. The number of nitrogens with zero attached hydrogens (tertiary/aromatic N) is 2. The first-order valence-corrected chi connectivity index (χ1v) is 10.4. The van der Waals surface area contributed by atoms with Crippen molar-refractivity contribution in [3.63, 3.8) is 0 Å². The van der Waals surface area contributed by atoms with Gasteiger partial charge in [-0.25, -0.2) is 4.79 Å². The second-order valence-corrected chi connectivity index (χ2v) is 7.54. The van der Waals surface area contributed by atoms with Crippen LogP contribution in [0.5, 0.6) is 11.5 Å². The molecule has 1 saturated heterocycles. The lowest BCUT2D eigenvalue weighted by Gasteiger charge is -2.23. The molecule has 0 aliphatic carbocycles. The fraction of sp³-hybridized carbons (Fsp3) is 0.391. The topological polar surface area (TPSA) is 83.4 Å². The highest BCUT2D eigenvalue weighted by molar-refractivity contribution is 5.99. The van der Waals surface area contributed by atoms with Crippen LogP contribution < -0.4 is 14.8 Å². The van der Waals surface area contributed by atoms with Crippen molar-refractivity contribution < 1.29 is 19.4 Å². The first-order chi connectivity index (χ1) is 14.7. The third kappa shape index (κ3) is 5.17. The van der Waals surface area contributed by atoms with Gasteiger partial charge in [0.1, 0.15) is 19.3 Å². The first-order valence-electron chi connectivity index (χ1n) is 10.4. The molecule has 2 N–H and O–H groups in total. The molecule has 7 nitrogen and oxygen atoms in total. The van der Waals surface area contributed by atoms with Gasteiger partial charge in [0.2, 0.25) is 0 Å². The predicted molar refractivity (Wildman–Crippen MR) is 114 cm³/mol. The van der Waals surface area contributed by atoms with Gasteiger partial charge < -0.3 is 19.9 Å². The summed E-state index contributed by atoms with van der Waals surface area (Å²) in [5, 5.41) is 13.9. The Bertz CT molecular complexity index is 895. The summed E-state index contributed by atoms with van der Waals surface area (Å²) in [6.45, 7) is 3.72. The fourth-order valence-electron chi connectivity index (χ4n) is 3.72. The van der Waals surface area contributed by atoms with Gasteiger partial charge in [-0.05, 0) is 49.2 Å². The molecule has 0 unspecified atom stereocenters. The standard InChI is InChI=1S/C23H27N3O4/c27-22(18-8-9-20-21(14-18)30-13-12-29-20)19(16-26-10-4-5-11-26)25-23(28)24-15-17-6-2-1-3-7-17/h1-3,6-9,14,22,27H,4-5,10-13,15-16H2,(H,24,28)/t22-/m1/s1. The number of carbonyl (C=O) groups is 1. The van der Waals surface area contributed by atoms with Crippen molar-refractivity contribution in [3.8, 4) is 11.5 Å². The molecule has 4 rings (SSSR count). The van der Waals surface area contributed by atoms with Crippen molar-refractivity contribution in [2.45, 2.75) is 25.5 Å². The largest absolute Gasteiger partial charge is 0.486 e. The second-order valence-electron chi connectivity index (χ2n) is 7.54. The molecule has 0 aromatic heterocycles. The van der Waals surface area contributed by atoms with Crippen LogP contribution in [-0.2, 0) is 6.54 Å². The van der Waals surface area contributed by atoms with Crippen molar-refractivity contribution in [2.24, 2.45) is 4.99 Å². The van der Waals surface area contributed by atoms with Crippen molar-refractivity contribution in [1.82, 2.24) is 10.2 Å². The minimum absolute atomic E-state index is 0.389. The maximum Gasteiger partial charge on any atom is 0.341 e. The number of fused-ring (bicyclic) bond motifs is 1. The van der Waals surface area contributed by atoms with E-state index in [1.807, 2.05) is 30.3 Å². The van der Waals surface area contributed by atoms with E-state index in [0.29, 0.717) is 49.1 Å².